The molecule has 1 amide bonds. The van der Waals surface area contributed by atoms with Crippen molar-refractivity contribution in [2.45, 2.75) is 32.2 Å². The molecule has 1 N–H and O–H groups in total. The van der Waals surface area contributed by atoms with E-state index in [1.165, 1.54) is 10.4 Å². The minimum absolute atomic E-state index is 0.0641. The van der Waals surface area contributed by atoms with Gasteiger partial charge in [0, 0.05) is 32.0 Å². The molecule has 0 bridgehead atoms. The zero-order valence-electron chi connectivity index (χ0n) is 18.0. The maximum Gasteiger partial charge on any atom is 0.254 e. The largest absolute Gasteiger partial charge is 0.348 e. The lowest BCUT2D eigenvalue weighted by atomic mass is 10.1. The molecule has 0 spiro atoms. The Morgan fingerprint density at radius 1 is 1.09 bits per heavy atom. The summed E-state index contributed by atoms with van der Waals surface area (Å²) in [6, 6.07) is 7.56. The van der Waals surface area contributed by atoms with E-state index in [4.69, 9.17) is 0 Å². The second-order valence-corrected chi connectivity index (χ2v) is 8.98. The van der Waals surface area contributed by atoms with Crippen LogP contribution in [0.15, 0.2) is 53.7 Å². The van der Waals surface area contributed by atoms with Crippen LogP contribution in [-0.2, 0) is 16.6 Å². The van der Waals surface area contributed by atoms with Crippen molar-refractivity contribution in [2.24, 2.45) is 0 Å². The lowest BCUT2D eigenvalue weighted by Gasteiger charge is -2.19. The molecule has 2 aromatic carbocycles. The molecular formula is C22H24F2N4O3S. The summed E-state index contributed by atoms with van der Waals surface area (Å²) in [5, 5.41) is 2.51. The third kappa shape index (κ3) is 4.71. The summed E-state index contributed by atoms with van der Waals surface area (Å²) in [6.45, 7) is 5.56. The van der Waals surface area contributed by atoms with Gasteiger partial charge in [0.25, 0.3) is 5.91 Å². The number of carbonyl (C=O) groups excluding carboxylic acids is 1. The van der Waals surface area contributed by atoms with Gasteiger partial charge in [0.2, 0.25) is 10.0 Å². The van der Waals surface area contributed by atoms with E-state index >= 15 is 0 Å². The highest BCUT2D eigenvalue weighted by atomic mass is 32.2. The van der Waals surface area contributed by atoms with Crippen LogP contribution in [-0.4, -0.2) is 41.3 Å². The first-order chi connectivity index (χ1) is 15.2. The quantitative estimate of drug-likeness (QED) is 0.556. The van der Waals surface area contributed by atoms with Crippen molar-refractivity contribution in [1.82, 2.24) is 19.2 Å². The van der Waals surface area contributed by atoms with Crippen molar-refractivity contribution in [3.63, 3.8) is 0 Å². The van der Waals surface area contributed by atoms with Gasteiger partial charge in [-0.3, -0.25) is 4.79 Å². The predicted octanol–water partition coefficient (Wildman–Crippen LogP) is 3.42. The van der Waals surface area contributed by atoms with Crippen LogP contribution in [0, 0.1) is 18.6 Å². The van der Waals surface area contributed by atoms with E-state index < -0.39 is 33.1 Å². The van der Waals surface area contributed by atoms with Crippen LogP contribution in [0.3, 0.4) is 0 Å². The molecule has 1 aromatic heterocycles. The maximum absolute atomic E-state index is 14.5. The average Bonchev–Trinajstić information content (AvgIpc) is 3.18. The molecule has 32 heavy (non-hydrogen) atoms. The van der Waals surface area contributed by atoms with Crippen molar-refractivity contribution in [2.75, 3.05) is 13.1 Å². The standard InChI is InChI=1S/C22H24F2N4O3S/c1-4-27(5-2)32(30,31)17-7-8-19(23)18(13-17)22(29)26-14-16-6-9-21(20(24)12-16)28-11-10-25-15(28)3/h6-13H,4-5,14H2,1-3H3,(H,26,29). The smallest absolute Gasteiger partial charge is 0.254 e. The van der Waals surface area contributed by atoms with Gasteiger partial charge in [0.1, 0.15) is 17.5 Å². The summed E-state index contributed by atoms with van der Waals surface area (Å²) >= 11 is 0. The number of imidazole rings is 1. The normalized spacial score (nSPS) is 11.7. The number of halogens is 2. The van der Waals surface area contributed by atoms with Crippen LogP contribution in [0.2, 0.25) is 0 Å². The van der Waals surface area contributed by atoms with E-state index in [1.807, 2.05) is 0 Å². The van der Waals surface area contributed by atoms with Gasteiger partial charge < -0.3 is 9.88 Å². The number of benzene rings is 2. The number of nitrogens with zero attached hydrogens (tertiary/aromatic N) is 3. The Kier molecular flexibility index (Phi) is 7.05. The fourth-order valence-electron chi connectivity index (χ4n) is 3.32. The summed E-state index contributed by atoms with van der Waals surface area (Å²) in [5.74, 6) is -1.52. The summed E-state index contributed by atoms with van der Waals surface area (Å²) in [7, 11) is -3.85. The molecule has 170 valence electrons. The molecule has 0 aliphatic rings. The third-order valence-corrected chi connectivity index (χ3v) is 7.12. The van der Waals surface area contributed by atoms with Gasteiger partial charge in [-0.25, -0.2) is 22.2 Å². The van der Waals surface area contributed by atoms with Crippen LogP contribution in [0.1, 0.15) is 35.6 Å². The molecule has 0 unspecified atom stereocenters. The monoisotopic (exact) mass is 462 g/mol. The Balaban J connectivity index is 1.78. The van der Waals surface area contributed by atoms with Crippen LogP contribution in [0.5, 0.6) is 0 Å². The van der Waals surface area contributed by atoms with Gasteiger partial charge in [0.05, 0.1) is 16.1 Å². The first-order valence-corrected chi connectivity index (χ1v) is 11.5. The second-order valence-electron chi connectivity index (χ2n) is 7.04. The summed E-state index contributed by atoms with van der Waals surface area (Å²) in [4.78, 5) is 16.4. The van der Waals surface area contributed by atoms with E-state index in [-0.39, 0.29) is 24.5 Å². The van der Waals surface area contributed by atoms with E-state index in [9.17, 15) is 22.0 Å². The molecule has 0 fully saturated rings. The molecule has 0 radical (unpaired) electrons. The number of amides is 1. The highest BCUT2D eigenvalue weighted by Gasteiger charge is 2.24. The van der Waals surface area contributed by atoms with Gasteiger partial charge >= 0.3 is 0 Å². The molecule has 7 nitrogen and oxygen atoms in total. The molecule has 0 saturated heterocycles. The zero-order chi connectivity index (χ0) is 23.5. The van der Waals surface area contributed by atoms with Crippen molar-refractivity contribution in [3.05, 3.63) is 77.4 Å². The molecule has 1 heterocycles. The number of sulfonamides is 1. The highest BCUT2D eigenvalue weighted by molar-refractivity contribution is 7.89. The minimum atomic E-state index is -3.85. The van der Waals surface area contributed by atoms with Gasteiger partial charge in [-0.15, -0.1) is 0 Å². The molecular weight excluding hydrogens is 438 g/mol. The summed E-state index contributed by atoms with van der Waals surface area (Å²) in [5.41, 5.74) is 0.379. The Bertz CT molecular complexity index is 1240. The predicted molar refractivity (Wildman–Crippen MR) is 116 cm³/mol. The number of hydrogen-bond donors (Lipinski definition) is 1. The molecule has 0 saturated carbocycles. The topological polar surface area (TPSA) is 84.3 Å². The minimum Gasteiger partial charge on any atom is -0.348 e. The number of rotatable bonds is 8. The molecule has 10 heteroatoms. The number of hydrogen-bond acceptors (Lipinski definition) is 4. The fraction of sp³-hybridized carbons (Fsp3) is 0.273. The SMILES string of the molecule is CCN(CC)S(=O)(=O)c1ccc(F)c(C(=O)NCc2ccc(-n3ccnc3C)c(F)c2)c1. The molecule has 3 aromatic rings. The van der Waals surface area contributed by atoms with Gasteiger partial charge in [-0.05, 0) is 42.8 Å². The van der Waals surface area contributed by atoms with Crippen molar-refractivity contribution >= 4 is 15.9 Å². The second kappa shape index (κ2) is 9.58. The van der Waals surface area contributed by atoms with Crippen molar-refractivity contribution < 1.29 is 22.0 Å². The Hall–Kier alpha value is -3.11. The van der Waals surface area contributed by atoms with Crippen LogP contribution < -0.4 is 5.32 Å². The summed E-state index contributed by atoms with van der Waals surface area (Å²) < 4.78 is 57.0. The molecule has 0 aliphatic heterocycles. The van der Waals surface area contributed by atoms with Crippen molar-refractivity contribution in [1.29, 1.82) is 0 Å². The molecule has 0 atom stereocenters. The molecule has 3 rings (SSSR count). The van der Waals surface area contributed by atoms with Crippen molar-refractivity contribution in [3.8, 4) is 5.69 Å². The highest BCUT2D eigenvalue weighted by Crippen LogP contribution is 2.20. The number of aromatic nitrogens is 2. The third-order valence-electron chi connectivity index (χ3n) is 5.08. The number of nitrogens with one attached hydrogen (secondary N) is 1. The van der Waals surface area contributed by atoms with E-state index in [0.717, 1.165) is 18.2 Å². The molecule has 0 aliphatic carbocycles. The first-order valence-electron chi connectivity index (χ1n) is 10.1. The maximum atomic E-state index is 14.5. The van der Waals surface area contributed by atoms with Gasteiger partial charge in [-0.1, -0.05) is 19.9 Å². The lowest BCUT2D eigenvalue weighted by Crippen LogP contribution is -2.31. The first kappa shape index (κ1) is 23.6. The Labute approximate surface area is 185 Å². The van der Waals surface area contributed by atoms with Crippen LogP contribution in [0.4, 0.5) is 8.78 Å². The fourth-order valence-corrected chi connectivity index (χ4v) is 4.80. The van der Waals surface area contributed by atoms with E-state index in [2.05, 4.69) is 10.3 Å². The van der Waals surface area contributed by atoms with Gasteiger partial charge in [-0.2, -0.15) is 4.31 Å². The van der Waals surface area contributed by atoms with Crippen LogP contribution >= 0.6 is 0 Å². The van der Waals surface area contributed by atoms with E-state index in [1.54, 1.807) is 49.9 Å². The average molecular weight is 463 g/mol. The summed E-state index contributed by atoms with van der Waals surface area (Å²) in [6.07, 6.45) is 3.20. The Morgan fingerprint density at radius 2 is 1.81 bits per heavy atom. The van der Waals surface area contributed by atoms with Crippen LogP contribution in [0.25, 0.3) is 5.69 Å². The Morgan fingerprint density at radius 3 is 2.41 bits per heavy atom. The zero-order valence-corrected chi connectivity index (χ0v) is 18.8. The number of carbonyl (C=O) groups is 1. The number of aryl methyl sites for hydroxylation is 1. The van der Waals surface area contributed by atoms with Gasteiger partial charge in [0.15, 0.2) is 0 Å². The van der Waals surface area contributed by atoms with E-state index in [0.29, 0.717) is 17.1 Å². The lowest BCUT2D eigenvalue weighted by molar-refractivity contribution is 0.0946.